The molecule has 21 heavy (non-hydrogen) atoms. The molecule has 1 fully saturated rings. The van der Waals surface area contributed by atoms with Crippen molar-refractivity contribution in [1.29, 1.82) is 0 Å². The molecule has 1 aliphatic heterocycles. The van der Waals surface area contributed by atoms with Gasteiger partial charge in [-0.25, -0.2) is 4.98 Å². The molecule has 0 unspecified atom stereocenters. The number of hydrogen-bond donors (Lipinski definition) is 2. The minimum atomic E-state index is 0. The van der Waals surface area contributed by atoms with E-state index < -0.39 is 0 Å². The number of amides is 1. The topological polar surface area (TPSA) is 54.0 Å². The van der Waals surface area contributed by atoms with E-state index in [0.29, 0.717) is 18.9 Å². The largest absolute Gasteiger partial charge is 0.350 e. The molecule has 6 heteroatoms. The summed E-state index contributed by atoms with van der Waals surface area (Å²) >= 11 is 1.65. The van der Waals surface area contributed by atoms with Gasteiger partial charge in [-0.15, -0.1) is 23.7 Å². The van der Waals surface area contributed by atoms with Gasteiger partial charge in [-0.05, 0) is 44.0 Å². The molecule has 0 aliphatic carbocycles. The molecule has 1 aromatic heterocycles. The molecule has 0 radical (unpaired) electrons. The molecule has 2 N–H and O–H groups in total. The van der Waals surface area contributed by atoms with Crippen LogP contribution in [0.1, 0.15) is 24.3 Å². The Morgan fingerprint density at radius 1 is 1.33 bits per heavy atom. The van der Waals surface area contributed by atoms with E-state index in [1.165, 1.54) is 4.70 Å². The van der Waals surface area contributed by atoms with E-state index in [0.717, 1.165) is 36.5 Å². The second kappa shape index (κ2) is 7.73. The summed E-state index contributed by atoms with van der Waals surface area (Å²) in [4.78, 5) is 16.5. The van der Waals surface area contributed by atoms with Gasteiger partial charge in [0, 0.05) is 6.42 Å². The first kappa shape index (κ1) is 16.2. The van der Waals surface area contributed by atoms with Crippen molar-refractivity contribution in [3.05, 3.63) is 29.3 Å². The van der Waals surface area contributed by atoms with Crippen LogP contribution in [-0.4, -0.2) is 24.0 Å². The minimum Gasteiger partial charge on any atom is -0.350 e. The van der Waals surface area contributed by atoms with E-state index in [1.807, 2.05) is 18.2 Å². The molecule has 3 rings (SSSR count). The molecule has 4 nitrogen and oxygen atoms in total. The molecule has 1 amide bonds. The molecule has 1 aliphatic rings. The molecule has 0 atom stereocenters. The summed E-state index contributed by atoms with van der Waals surface area (Å²) in [6, 6.07) is 8.07. The number of para-hydroxylation sites is 1. The Hall–Kier alpha value is -1.17. The first-order valence-electron chi connectivity index (χ1n) is 7.13. The van der Waals surface area contributed by atoms with Gasteiger partial charge in [0.2, 0.25) is 5.91 Å². The lowest BCUT2D eigenvalue weighted by Crippen LogP contribution is -2.32. The summed E-state index contributed by atoms with van der Waals surface area (Å²) in [5.74, 6) is 0.683. The van der Waals surface area contributed by atoms with Crippen LogP contribution in [0.2, 0.25) is 0 Å². The summed E-state index contributed by atoms with van der Waals surface area (Å²) in [5, 5.41) is 7.29. The van der Waals surface area contributed by atoms with Crippen LogP contribution in [0.4, 0.5) is 0 Å². The van der Waals surface area contributed by atoms with Crippen molar-refractivity contribution >= 4 is 39.9 Å². The molecule has 1 aromatic carbocycles. The fraction of sp³-hybridized carbons (Fsp3) is 0.467. The van der Waals surface area contributed by atoms with Crippen LogP contribution in [0.3, 0.4) is 0 Å². The Kier molecular flexibility index (Phi) is 5.96. The normalized spacial score (nSPS) is 15.6. The average molecular weight is 326 g/mol. The monoisotopic (exact) mass is 325 g/mol. The van der Waals surface area contributed by atoms with Crippen LogP contribution in [0.15, 0.2) is 24.3 Å². The number of hydrogen-bond acceptors (Lipinski definition) is 4. The molecule has 0 spiro atoms. The number of benzene rings is 1. The van der Waals surface area contributed by atoms with E-state index in [4.69, 9.17) is 0 Å². The Bertz CT molecular complexity index is 562. The molecular weight excluding hydrogens is 306 g/mol. The van der Waals surface area contributed by atoms with Gasteiger partial charge in [-0.3, -0.25) is 4.79 Å². The summed E-state index contributed by atoms with van der Waals surface area (Å²) in [6.07, 6.45) is 2.86. The van der Waals surface area contributed by atoms with Crippen LogP contribution >= 0.6 is 23.7 Å². The Morgan fingerprint density at radius 2 is 2.10 bits per heavy atom. The maximum atomic E-state index is 11.9. The van der Waals surface area contributed by atoms with E-state index >= 15 is 0 Å². The third-order valence-electron chi connectivity index (χ3n) is 3.71. The molecule has 114 valence electrons. The summed E-state index contributed by atoms with van der Waals surface area (Å²) in [5.41, 5.74) is 1.01. The van der Waals surface area contributed by atoms with Gasteiger partial charge in [0.15, 0.2) is 0 Å². The first-order chi connectivity index (χ1) is 9.81. The highest BCUT2D eigenvalue weighted by Gasteiger charge is 2.16. The third kappa shape index (κ3) is 4.40. The molecule has 2 heterocycles. The van der Waals surface area contributed by atoms with Gasteiger partial charge < -0.3 is 10.6 Å². The number of nitrogens with zero attached hydrogens (tertiary/aromatic N) is 1. The van der Waals surface area contributed by atoms with Crippen LogP contribution < -0.4 is 10.6 Å². The van der Waals surface area contributed by atoms with Crippen LogP contribution in [0.5, 0.6) is 0 Å². The summed E-state index contributed by atoms with van der Waals surface area (Å²) in [6.45, 7) is 2.62. The predicted molar refractivity (Wildman–Crippen MR) is 88.9 cm³/mol. The van der Waals surface area contributed by atoms with Crippen molar-refractivity contribution in [2.24, 2.45) is 5.92 Å². The lowest BCUT2D eigenvalue weighted by atomic mass is 9.94. The predicted octanol–water partition coefficient (Wildman–Crippen LogP) is 2.72. The first-order valence-corrected chi connectivity index (χ1v) is 7.95. The maximum absolute atomic E-state index is 11.9. The van der Waals surface area contributed by atoms with Crippen LogP contribution in [0.25, 0.3) is 10.2 Å². The number of aromatic nitrogens is 1. The number of piperidine rings is 1. The maximum Gasteiger partial charge on any atom is 0.220 e. The van der Waals surface area contributed by atoms with Gasteiger partial charge in [0.25, 0.3) is 0 Å². The lowest BCUT2D eigenvalue weighted by Gasteiger charge is -2.21. The van der Waals surface area contributed by atoms with Crippen LogP contribution in [-0.2, 0) is 11.3 Å². The van der Waals surface area contributed by atoms with Crippen molar-refractivity contribution in [1.82, 2.24) is 15.6 Å². The average Bonchev–Trinajstić information content (AvgIpc) is 2.89. The molecule has 0 saturated carbocycles. The van der Waals surface area contributed by atoms with E-state index in [9.17, 15) is 4.79 Å². The fourth-order valence-electron chi connectivity index (χ4n) is 2.59. The number of halogens is 1. The highest BCUT2D eigenvalue weighted by Crippen LogP contribution is 2.21. The van der Waals surface area contributed by atoms with E-state index in [1.54, 1.807) is 11.3 Å². The second-order valence-corrected chi connectivity index (χ2v) is 6.36. The minimum absolute atomic E-state index is 0. The number of rotatable bonds is 4. The lowest BCUT2D eigenvalue weighted by molar-refractivity contribution is -0.122. The van der Waals surface area contributed by atoms with Crippen molar-refractivity contribution in [3.8, 4) is 0 Å². The standard InChI is InChI=1S/C15H19N3OS.ClH/c19-14(9-11-5-7-16-8-6-11)17-10-15-18-12-3-1-2-4-13(12)20-15;/h1-4,11,16H,5-10H2,(H,17,19);1H. The Labute approximate surface area is 134 Å². The number of thiazole rings is 1. The number of carbonyl (C=O) groups is 1. The fourth-order valence-corrected chi connectivity index (χ4v) is 3.50. The molecule has 2 aromatic rings. The second-order valence-electron chi connectivity index (χ2n) is 5.25. The van der Waals surface area contributed by atoms with Crippen molar-refractivity contribution in [3.63, 3.8) is 0 Å². The zero-order chi connectivity index (χ0) is 13.8. The quantitative estimate of drug-likeness (QED) is 0.908. The molecular formula is C15H20ClN3OS. The summed E-state index contributed by atoms with van der Waals surface area (Å²) < 4.78 is 1.18. The van der Waals surface area contributed by atoms with Gasteiger partial charge >= 0.3 is 0 Å². The third-order valence-corrected chi connectivity index (χ3v) is 4.74. The zero-order valence-corrected chi connectivity index (χ0v) is 13.4. The van der Waals surface area contributed by atoms with Crippen molar-refractivity contribution < 1.29 is 4.79 Å². The molecule has 1 saturated heterocycles. The zero-order valence-electron chi connectivity index (χ0n) is 11.8. The van der Waals surface area contributed by atoms with Gasteiger partial charge in [-0.1, -0.05) is 12.1 Å². The van der Waals surface area contributed by atoms with E-state index in [2.05, 4.69) is 21.7 Å². The van der Waals surface area contributed by atoms with Crippen LogP contribution in [0, 0.1) is 5.92 Å². The highest BCUT2D eigenvalue weighted by molar-refractivity contribution is 7.18. The van der Waals surface area contributed by atoms with E-state index in [-0.39, 0.29) is 18.3 Å². The number of fused-ring (bicyclic) bond motifs is 1. The Morgan fingerprint density at radius 3 is 2.86 bits per heavy atom. The molecule has 0 bridgehead atoms. The summed E-state index contributed by atoms with van der Waals surface area (Å²) in [7, 11) is 0. The van der Waals surface area contributed by atoms with Gasteiger partial charge in [0.1, 0.15) is 5.01 Å². The van der Waals surface area contributed by atoms with Crippen molar-refractivity contribution in [2.45, 2.75) is 25.8 Å². The highest BCUT2D eigenvalue weighted by atomic mass is 35.5. The Balaban J connectivity index is 0.00000161. The SMILES string of the molecule is Cl.O=C(CC1CCNCC1)NCc1nc2ccccc2s1. The number of nitrogens with one attached hydrogen (secondary N) is 2. The van der Waals surface area contributed by atoms with Crippen molar-refractivity contribution in [2.75, 3.05) is 13.1 Å². The number of carbonyl (C=O) groups excluding carboxylic acids is 1. The smallest absolute Gasteiger partial charge is 0.220 e. The van der Waals surface area contributed by atoms with Gasteiger partial charge in [-0.2, -0.15) is 0 Å². The van der Waals surface area contributed by atoms with Gasteiger partial charge in [0.05, 0.1) is 16.8 Å².